The summed E-state index contributed by atoms with van der Waals surface area (Å²) in [5, 5.41) is 8.98. The Hall–Kier alpha value is -1.29. The number of hydrogen-bond acceptors (Lipinski definition) is 2. The van der Waals surface area contributed by atoms with E-state index >= 15 is 0 Å². The van der Waals surface area contributed by atoms with Gasteiger partial charge in [-0.1, -0.05) is 0 Å². The molecule has 3 rings (SSSR count). The minimum absolute atomic E-state index is 0.164. The van der Waals surface area contributed by atoms with Gasteiger partial charge in [-0.15, -0.1) is 0 Å². The second-order valence-electron chi connectivity index (χ2n) is 5.80. The molecule has 1 amide bonds. The van der Waals surface area contributed by atoms with Gasteiger partial charge in [0, 0.05) is 31.9 Å². The highest BCUT2D eigenvalue weighted by molar-refractivity contribution is 5.93. The molecule has 4 heteroatoms. The van der Waals surface area contributed by atoms with Gasteiger partial charge in [-0.2, -0.15) is 0 Å². The number of carbonyl (C=O) groups is 1. The van der Waals surface area contributed by atoms with E-state index in [1.165, 1.54) is 19.3 Å². The Labute approximate surface area is 114 Å². The summed E-state index contributed by atoms with van der Waals surface area (Å²) < 4.78 is 2.16. The van der Waals surface area contributed by atoms with E-state index in [2.05, 4.69) is 4.57 Å². The fourth-order valence-corrected chi connectivity index (χ4v) is 3.16. The van der Waals surface area contributed by atoms with E-state index < -0.39 is 0 Å². The van der Waals surface area contributed by atoms with Gasteiger partial charge in [-0.05, 0) is 50.2 Å². The van der Waals surface area contributed by atoms with Crippen LogP contribution in [0.3, 0.4) is 0 Å². The van der Waals surface area contributed by atoms with Crippen LogP contribution in [0.15, 0.2) is 18.3 Å². The number of aliphatic hydroxyl groups is 1. The van der Waals surface area contributed by atoms with Crippen molar-refractivity contribution >= 4 is 5.91 Å². The normalized spacial score (nSPS) is 23.6. The molecule has 0 spiro atoms. The molecule has 1 aromatic heterocycles. The molecule has 1 aliphatic carbocycles. The van der Waals surface area contributed by atoms with Crippen molar-refractivity contribution in [2.45, 2.75) is 38.1 Å². The Balaban J connectivity index is 1.69. The fourth-order valence-electron chi connectivity index (χ4n) is 3.16. The largest absolute Gasteiger partial charge is 0.396 e. The van der Waals surface area contributed by atoms with E-state index in [9.17, 15) is 4.79 Å². The molecule has 2 aliphatic rings. The number of nitrogens with zero attached hydrogens (tertiary/aromatic N) is 2. The van der Waals surface area contributed by atoms with Crippen LogP contribution in [0.1, 0.15) is 48.6 Å². The summed E-state index contributed by atoms with van der Waals surface area (Å²) >= 11 is 0. The topological polar surface area (TPSA) is 45.5 Å². The number of rotatable bonds is 4. The Morgan fingerprint density at radius 1 is 1.37 bits per heavy atom. The van der Waals surface area contributed by atoms with Crippen LogP contribution < -0.4 is 0 Å². The highest BCUT2D eigenvalue weighted by atomic mass is 16.3. The van der Waals surface area contributed by atoms with E-state index in [1.54, 1.807) is 0 Å². The maximum atomic E-state index is 12.6. The zero-order chi connectivity index (χ0) is 13.2. The maximum absolute atomic E-state index is 12.6. The van der Waals surface area contributed by atoms with E-state index in [0.717, 1.165) is 31.6 Å². The second-order valence-corrected chi connectivity index (χ2v) is 5.80. The second kappa shape index (κ2) is 5.37. The molecule has 1 atom stereocenters. The molecule has 0 bridgehead atoms. The molecule has 2 fully saturated rings. The summed E-state index contributed by atoms with van der Waals surface area (Å²) in [5.41, 5.74) is 0.842. The Kier molecular flexibility index (Phi) is 3.60. The van der Waals surface area contributed by atoms with Crippen molar-refractivity contribution in [1.82, 2.24) is 9.47 Å². The van der Waals surface area contributed by atoms with Crippen molar-refractivity contribution in [1.29, 1.82) is 0 Å². The third-order valence-electron chi connectivity index (χ3n) is 4.58. The van der Waals surface area contributed by atoms with Crippen LogP contribution >= 0.6 is 0 Å². The van der Waals surface area contributed by atoms with Crippen LogP contribution in [-0.2, 0) is 0 Å². The van der Waals surface area contributed by atoms with Gasteiger partial charge in [-0.3, -0.25) is 4.79 Å². The van der Waals surface area contributed by atoms with Crippen LogP contribution in [0.5, 0.6) is 0 Å². The predicted octanol–water partition coefficient (Wildman–Crippen LogP) is 2.06. The molecule has 1 N–H and O–H groups in total. The number of aromatic nitrogens is 1. The van der Waals surface area contributed by atoms with Gasteiger partial charge >= 0.3 is 0 Å². The zero-order valence-corrected chi connectivity index (χ0v) is 11.3. The van der Waals surface area contributed by atoms with Crippen LogP contribution in [0, 0.1) is 5.92 Å². The number of aliphatic hydroxyl groups excluding tert-OH is 1. The van der Waals surface area contributed by atoms with E-state index in [0.29, 0.717) is 12.0 Å². The lowest BCUT2D eigenvalue weighted by molar-refractivity contribution is 0.0768. The molecule has 4 nitrogen and oxygen atoms in total. The quantitative estimate of drug-likeness (QED) is 0.902. The molecule has 104 valence electrons. The molecule has 1 unspecified atom stereocenters. The van der Waals surface area contributed by atoms with Crippen LogP contribution in [-0.4, -0.2) is 40.2 Å². The molecule has 1 aliphatic heterocycles. The zero-order valence-electron chi connectivity index (χ0n) is 11.3. The van der Waals surface area contributed by atoms with Crippen molar-refractivity contribution in [3.63, 3.8) is 0 Å². The van der Waals surface area contributed by atoms with Crippen molar-refractivity contribution in [3.8, 4) is 0 Å². The Morgan fingerprint density at radius 2 is 2.21 bits per heavy atom. The molecular weight excluding hydrogens is 240 g/mol. The Bertz CT molecular complexity index is 451. The molecule has 1 aromatic rings. The minimum atomic E-state index is 0.164. The summed E-state index contributed by atoms with van der Waals surface area (Å²) in [5.74, 6) is 0.637. The Morgan fingerprint density at radius 3 is 2.89 bits per heavy atom. The monoisotopic (exact) mass is 262 g/mol. The standard InChI is InChI=1S/C15H22N2O2/c18-10-7-12-6-9-16(11-12)15(19)14-5-2-8-17(14)13-3-1-4-13/h2,5,8,12-13,18H,1,3-4,6-7,9-11H2. The van der Waals surface area contributed by atoms with Crippen molar-refractivity contribution in [3.05, 3.63) is 24.0 Å². The SMILES string of the molecule is O=C(c1cccn1C1CCC1)N1CCC(CCO)C1. The van der Waals surface area contributed by atoms with Gasteiger partial charge in [0.2, 0.25) is 0 Å². The fraction of sp³-hybridized carbons (Fsp3) is 0.667. The van der Waals surface area contributed by atoms with E-state index in [1.807, 2.05) is 23.2 Å². The van der Waals surface area contributed by atoms with Gasteiger partial charge in [0.15, 0.2) is 0 Å². The highest BCUT2D eigenvalue weighted by Gasteiger charge is 2.30. The molecular formula is C15H22N2O2. The predicted molar refractivity (Wildman–Crippen MR) is 73.0 cm³/mol. The van der Waals surface area contributed by atoms with Gasteiger partial charge < -0.3 is 14.6 Å². The lowest BCUT2D eigenvalue weighted by Gasteiger charge is -2.29. The number of amides is 1. The first-order valence-electron chi connectivity index (χ1n) is 7.36. The van der Waals surface area contributed by atoms with E-state index in [-0.39, 0.29) is 12.5 Å². The molecule has 0 radical (unpaired) electrons. The minimum Gasteiger partial charge on any atom is -0.396 e. The first-order chi connectivity index (χ1) is 9.29. The molecule has 2 heterocycles. The van der Waals surface area contributed by atoms with Gasteiger partial charge in [0.25, 0.3) is 5.91 Å². The third-order valence-corrected chi connectivity index (χ3v) is 4.58. The van der Waals surface area contributed by atoms with Crippen LogP contribution in [0.2, 0.25) is 0 Å². The van der Waals surface area contributed by atoms with Gasteiger partial charge in [0.1, 0.15) is 5.69 Å². The summed E-state index contributed by atoms with van der Waals surface area (Å²) in [6.07, 6.45) is 7.55. The van der Waals surface area contributed by atoms with Crippen molar-refractivity contribution < 1.29 is 9.90 Å². The molecule has 19 heavy (non-hydrogen) atoms. The van der Waals surface area contributed by atoms with Crippen molar-refractivity contribution in [2.75, 3.05) is 19.7 Å². The first-order valence-corrected chi connectivity index (χ1v) is 7.36. The number of hydrogen-bond donors (Lipinski definition) is 1. The lowest BCUT2D eigenvalue weighted by atomic mass is 9.93. The molecule has 1 saturated heterocycles. The summed E-state index contributed by atoms with van der Waals surface area (Å²) in [6, 6.07) is 4.46. The van der Waals surface area contributed by atoms with Crippen LogP contribution in [0.4, 0.5) is 0 Å². The number of likely N-dealkylation sites (tertiary alicyclic amines) is 1. The first kappa shape index (κ1) is 12.7. The maximum Gasteiger partial charge on any atom is 0.270 e. The molecule has 0 aromatic carbocycles. The average molecular weight is 262 g/mol. The van der Waals surface area contributed by atoms with Gasteiger partial charge in [0.05, 0.1) is 0 Å². The van der Waals surface area contributed by atoms with Crippen molar-refractivity contribution in [2.24, 2.45) is 5.92 Å². The smallest absolute Gasteiger partial charge is 0.270 e. The van der Waals surface area contributed by atoms with E-state index in [4.69, 9.17) is 5.11 Å². The summed E-state index contributed by atoms with van der Waals surface area (Å²) in [7, 11) is 0. The summed E-state index contributed by atoms with van der Waals surface area (Å²) in [4.78, 5) is 14.5. The summed E-state index contributed by atoms with van der Waals surface area (Å²) in [6.45, 7) is 1.86. The van der Waals surface area contributed by atoms with Gasteiger partial charge in [-0.25, -0.2) is 0 Å². The average Bonchev–Trinajstić information content (AvgIpc) is 2.96. The lowest BCUT2D eigenvalue weighted by Crippen LogP contribution is -2.32. The highest BCUT2D eigenvalue weighted by Crippen LogP contribution is 2.33. The van der Waals surface area contributed by atoms with Crippen LogP contribution in [0.25, 0.3) is 0 Å². The third kappa shape index (κ3) is 2.41. The molecule has 1 saturated carbocycles. The number of carbonyl (C=O) groups excluding carboxylic acids is 1.